The number of amides is 1. The fraction of sp³-hybridized carbons (Fsp3) is 0.133. The van der Waals surface area contributed by atoms with Gasteiger partial charge in [-0.3, -0.25) is 4.79 Å². The number of nitrogens with one attached hydrogen (secondary N) is 1. The molecule has 0 spiro atoms. The molecule has 0 radical (unpaired) electrons. The summed E-state index contributed by atoms with van der Waals surface area (Å²) in [5.41, 5.74) is 7.73. The number of hydrogen-bond donors (Lipinski definition) is 2. The minimum absolute atomic E-state index is 0.269. The molecule has 98 valence electrons. The average molecular weight is 258 g/mol. The van der Waals surface area contributed by atoms with Crippen molar-refractivity contribution in [2.75, 3.05) is 12.3 Å². The van der Waals surface area contributed by atoms with E-state index in [0.717, 1.165) is 5.56 Å². The van der Waals surface area contributed by atoms with Crippen LogP contribution in [-0.2, 0) is 6.42 Å². The van der Waals surface area contributed by atoms with Crippen molar-refractivity contribution in [1.29, 1.82) is 0 Å². The molecular formula is C15H15FN2O. The van der Waals surface area contributed by atoms with Crippen LogP contribution in [0.25, 0.3) is 0 Å². The maximum atomic E-state index is 13.0. The molecule has 0 aromatic heterocycles. The highest BCUT2D eigenvalue weighted by Crippen LogP contribution is 2.06. The lowest BCUT2D eigenvalue weighted by molar-refractivity contribution is 0.0953. The summed E-state index contributed by atoms with van der Waals surface area (Å²) in [5, 5.41) is 2.75. The van der Waals surface area contributed by atoms with Gasteiger partial charge < -0.3 is 11.1 Å². The Kier molecular flexibility index (Phi) is 4.13. The fourth-order valence-corrected chi connectivity index (χ4v) is 1.74. The highest BCUT2D eigenvalue weighted by molar-refractivity contribution is 5.94. The van der Waals surface area contributed by atoms with Gasteiger partial charge in [0.15, 0.2) is 0 Å². The van der Waals surface area contributed by atoms with Crippen LogP contribution < -0.4 is 11.1 Å². The second-order valence-electron chi connectivity index (χ2n) is 4.26. The monoisotopic (exact) mass is 258 g/mol. The molecule has 0 aliphatic carbocycles. The van der Waals surface area contributed by atoms with E-state index in [2.05, 4.69) is 5.32 Å². The Balaban J connectivity index is 1.86. The summed E-state index contributed by atoms with van der Waals surface area (Å²) in [6.45, 7) is 0.499. The standard InChI is InChI=1S/C15H15FN2O/c16-13-3-1-2-12(10-13)15(19)18-9-8-11-4-6-14(17)7-5-11/h1-7,10H,8-9,17H2,(H,18,19). The number of halogens is 1. The first kappa shape index (κ1) is 13.1. The van der Waals surface area contributed by atoms with Crippen LogP contribution in [0.1, 0.15) is 15.9 Å². The number of carbonyl (C=O) groups excluding carboxylic acids is 1. The van der Waals surface area contributed by atoms with E-state index < -0.39 is 5.82 Å². The van der Waals surface area contributed by atoms with Crippen molar-refractivity contribution >= 4 is 11.6 Å². The van der Waals surface area contributed by atoms with Crippen LogP contribution in [0, 0.1) is 5.82 Å². The quantitative estimate of drug-likeness (QED) is 0.827. The second kappa shape index (κ2) is 6.00. The van der Waals surface area contributed by atoms with E-state index in [0.29, 0.717) is 24.2 Å². The summed E-state index contributed by atoms with van der Waals surface area (Å²) >= 11 is 0. The van der Waals surface area contributed by atoms with Crippen LogP contribution in [0.3, 0.4) is 0 Å². The third kappa shape index (κ3) is 3.81. The largest absolute Gasteiger partial charge is 0.399 e. The number of carbonyl (C=O) groups is 1. The average Bonchev–Trinajstić information content (AvgIpc) is 2.41. The molecule has 1 amide bonds. The minimum Gasteiger partial charge on any atom is -0.399 e. The smallest absolute Gasteiger partial charge is 0.251 e. The molecule has 0 bridgehead atoms. The molecule has 0 aliphatic rings. The summed E-state index contributed by atoms with van der Waals surface area (Å²) in [5.74, 6) is -0.680. The van der Waals surface area contributed by atoms with Crippen LogP contribution >= 0.6 is 0 Å². The zero-order chi connectivity index (χ0) is 13.7. The topological polar surface area (TPSA) is 55.1 Å². The molecule has 0 aliphatic heterocycles. The molecule has 0 saturated heterocycles. The maximum absolute atomic E-state index is 13.0. The third-order valence-electron chi connectivity index (χ3n) is 2.77. The summed E-state index contributed by atoms with van der Waals surface area (Å²) in [6, 6.07) is 13.1. The van der Waals surface area contributed by atoms with E-state index in [1.54, 1.807) is 6.07 Å². The van der Waals surface area contributed by atoms with Gasteiger partial charge in [-0.05, 0) is 42.3 Å². The molecule has 19 heavy (non-hydrogen) atoms. The van der Waals surface area contributed by atoms with Crippen LogP contribution in [-0.4, -0.2) is 12.5 Å². The first-order valence-corrected chi connectivity index (χ1v) is 6.03. The normalized spacial score (nSPS) is 10.2. The highest BCUT2D eigenvalue weighted by atomic mass is 19.1. The lowest BCUT2D eigenvalue weighted by atomic mass is 10.1. The summed E-state index contributed by atoms with van der Waals surface area (Å²) in [7, 11) is 0. The predicted molar refractivity (Wildman–Crippen MR) is 73.3 cm³/mol. The van der Waals surface area contributed by atoms with E-state index in [4.69, 9.17) is 5.73 Å². The van der Waals surface area contributed by atoms with E-state index in [-0.39, 0.29) is 5.91 Å². The molecule has 0 atom stereocenters. The molecule has 0 heterocycles. The zero-order valence-corrected chi connectivity index (χ0v) is 10.4. The molecule has 3 N–H and O–H groups in total. The number of benzene rings is 2. The van der Waals surface area contributed by atoms with Crippen molar-refractivity contribution in [2.24, 2.45) is 0 Å². The molecular weight excluding hydrogens is 243 g/mol. The summed E-state index contributed by atoms with van der Waals surface area (Å²) in [6.07, 6.45) is 0.710. The number of nitrogens with two attached hydrogens (primary N) is 1. The molecule has 2 aromatic carbocycles. The molecule has 4 heteroatoms. The predicted octanol–water partition coefficient (Wildman–Crippen LogP) is 2.38. The maximum Gasteiger partial charge on any atom is 0.251 e. The van der Waals surface area contributed by atoms with Gasteiger partial charge in [0.25, 0.3) is 5.91 Å². The van der Waals surface area contributed by atoms with Gasteiger partial charge in [-0.1, -0.05) is 18.2 Å². The van der Waals surface area contributed by atoms with Gasteiger partial charge in [-0.2, -0.15) is 0 Å². The Hall–Kier alpha value is -2.36. The van der Waals surface area contributed by atoms with E-state index >= 15 is 0 Å². The molecule has 0 fully saturated rings. The molecule has 2 aromatic rings. The Labute approximate surface area is 111 Å². The lowest BCUT2D eigenvalue weighted by Gasteiger charge is -2.06. The molecule has 0 unspecified atom stereocenters. The second-order valence-corrected chi connectivity index (χ2v) is 4.26. The molecule has 0 saturated carbocycles. The summed E-state index contributed by atoms with van der Waals surface area (Å²) in [4.78, 5) is 11.7. The van der Waals surface area contributed by atoms with E-state index in [1.165, 1.54) is 18.2 Å². The van der Waals surface area contributed by atoms with Gasteiger partial charge in [-0.15, -0.1) is 0 Å². The first-order chi connectivity index (χ1) is 9.15. The van der Waals surface area contributed by atoms with Gasteiger partial charge in [0.2, 0.25) is 0 Å². The van der Waals surface area contributed by atoms with E-state index in [9.17, 15) is 9.18 Å². The Morgan fingerprint density at radius 2 is 1.89 bits per heavy atom. The van der Waals surface area contributed by atoms with Crippen molar-refractivity contribution in [3.63, 3.8) is 0 Å². The van der Waals surface area contributed by atoms with Crippen LogP contribution in [0.5, 0.6) is 0 Å². The van der Waals surface area contributed by atoms with E-state index in [1.807, 2.05) is 24.3 Å². The van der Waals surface area contributed by atoms with Crippen LogP contribution in [0.2, 0.25) is 0 Å². The van der Waals surface area contributed by atoms with Crippen molar-refractivity contribution in [3.8, 4) is 0 Å². The SMILES string of the molecule is Nc1ccc(CCNC(=O)c2cccc(F)c2)cc1. The zero-order valence-electron chi connectivity index (χ0n) is 10.4. The molecule has 3 nitrogen and oxygen atoms in total. The number of anilines is 1. The van der Waals surface area contributed by atoms with Crippen LogP contribution in [0.4, 0.5) is 10.1 Å². The van der Waals surface area contributed by atoms with Crippen molar-refractivity contribution in [2.45, 2.75) is 6.42 Å². The van der Waals surface area contributed by atoms with Gasteiger partial charge in [0.1, 0.15) is 5.82 Å². The van der Waals surface area contributed by atoms with Crippen LogP contribution in [0.15, 0.2) is 48.5 Å². The van der Waals surface area contributed by atoms with Crippen molar-refractivity contribution in [3.05, 3.63) is 65.5 Å². The first-order valence-electron chi connectivity index (χ1n) is 6.03. The van der Waals surface area contributed by atoms with Crippen molar-refractivity contribution in [1.82, 2.24) is 5.32 Å². The minimum atomic E-state index is -0.411. The summed E-state index contributed by atoms with van der Waals surface area (Å²) < 4.78 is 13.0. The third-order valence-corrected chi connectivity index (χ3v) is 2.77. The van der Waals surface area contributed by atoms with Gasteiger partial charge in [0.05, 0.1) is 0 Å². The Bertz CT molecular complexity index is 567. The lowest BCUT2D eigenvalue weighted by Crippen LogP contribution is -2.25. The number of nitrogen functional groups attached to an aromatic ring is 1. The Morgan fingerprint density at radius 1 is 1.16 bits per heavy atom. The Morgan fingerprint density at radius 3 is 2.58 bits per heavy atom. The van der Waals surface area contributed by atoms with Gasteiger partial charge in [0, 0.05) is 17.8 Å². The number of rotatable bonds is 4. The van der Waals surface area contributed by atoms with Gasteiger partial charge in [-0.25, -0.2) is 4.39 Å². The van der Waals surface area contributed by atoms with Gasteiger partial charge >= 0.3 is 0 Å². The van der Waals surface area contributed by atoms with Crippen molar-refractivity contribution < 1.29 is 9.18 Å². The number of hydrogen-bond acceptors (Lipinski definition) is 2. The fourth-order valence-electron chi connectivity index (χ4n) is 1.74. The highest BCUT2D eigenvalue weighted by Gasteiger charge is 2.05. The molecule has 2 rings (SSSR count).